The van der Waals surface area contributed by atoms with E-state index in [4.69, 9.17) is 4.74 Å². The van der Waals surface area contributed by atoms with Crippen molar-refractivity contribution in [2.45, 2.75) is 18.2 Å². The van der Waals surface area contributed by atoms with Crippen molar-refractivity contribution < 1.29 is 14.3 Å². The van der Waals surface area contributed by atoms with Gasteiger partial charge in [0.1, 0.15) is 5.75 Å². The minimum absolute atomic E-state index is 0.0600. The van der Waals surface area contributed by atoms with Crippen LogP contribution in [0.1, 0.15) is 13.3 Å². The minimum atomic E-state index is -0.380. The van der Waals surface area contributed by atoms with Crippen molar-refractivity contribution in [2.24, 2.45) is 5.92 Å². The highest BCUT2D eigenvalue weighted by Gasteiger charge is 2.36. The summed E-state index contributed by atoms with van der Waals surface area (Å²) in [6, 6.07) is 15.1. The predicted octanol–water partition coefficient (Wildman–Crippen LogP) is 3.80. The fourth-order valence-corrected chi connectivity index (χ4v) is 3.48. The molecule has 136 valence electrons. The predicted molar refractivity (Wildman–Crippen MR) is 105 cm³/mol. The number of carbonyl (C=O) groups is 2. The second-order valence-electron chi connectivity index (χ2n) is 6.03. The van der Waals surface area contributed by atoms with Crippen LogP contribution in [0.3, 0.4) is 0 Å². The second-order valence-corrected chi connectivity index (χ2v) is 6.91. The summed E-state index contributed by atoms with van der Waals surface area (Å²) in [5.41, 5.74) is 1.47. The van der Waals surface area contributed by atoms with Crippen LogP contribution in [0.15, 0.2) is 53.4 Å². The third-order valence-electron chi connectivity index (χ3n) is 4.29. The molecule has 1 unspecified atom stereocenters. The SMILES string of the molecule is CCOc1ccccc1N1CC(C(=O)Nc2cccc(SC)c2)CC1=O. The average Bonchev–Trinajstić information content (AvgIpc) is 3.04. The van der Waals surface area contributed by atoms with Gasteiger partial charge in [0.2, 0.25) is 11.8 Å². The molecule has 3 rings (SSSR count). The van der Waals surface area contributed by atoms with Gasteiger partial charge in [-0.1, -0.05) is 18.2 Å². The first-order valence-corrected chi connectivity index (χ1v) is 9.82. The van der Waals surface area contributed by atoms with Crippen LogP contribution in [0.5, 0.6) is 5.75 Å². The van der Waals surface area contributed by atoms with Gasteiger partial charge in [-0.15, -0.1) is 11.8 Å². The molecular formula is C20H22N2O3S. The highest BCUT2D eigenvalue weighted by molar-refractivity contribution is 7.98. The molecule has 1 saturated heterocycles. The molecule has 0 aliphatic carbocycles. The lowest BCUT2D eigenvalue weighted by molar-refractivity contribution is -0.122. The van der Waals surface area contributed by atoms with Gasteiger partial charge >= 0.3 is 0 Å². The van der Waals surface area contributed by atoms with Crippen LogP contribution in [0.4, 0.5) is 11.4 Å². The molecule has 1 atom stereocenters. The number of ether oxygens (including phenoxy) is 1. The zero-order chi connectivity index (χ0) is 18.5. The summed E-state index contributed by atoms with van der Waals surface area (Å²) in [6.45, 7) is 2.78. The van der Waals surface area contributed by atoms with E-state index in [1.165, 1.54) is 0 Å². The Hall–Kier alpha value is -2.47. The Bertz CT molecular complexity index is 809. The van der Waals surface area contributed by atoms with E-state index in [-0.39, 0.29) is 24.2 Å². The number of carbonyl (C=O) groups excluding carboxylic acids is 2. The maximum absolute atomic E-state index is 12.6. The number of amides is 2. The number of para-hydroxylation sites is 2. The van der Waals surface area contributed by atoms with Crippen LogP contribution >= 0.6 is 11.8 Å². The lowest BCUT2D eigenvalue weighted by Crippen LogP contribution is -2.28. The zero-order valence-electron chi connectivity index (χ0n) is 14.9. The summed E-state index contributed by atoms with van der Waals surface area (Å²) < 4.78 is 5.62. The van der Waals surface area contributed by atoms with E-state index >= 15 is 0 Å². The first kappa shape index (κ1) is 18.3. The van der Waals surface area contributed by atoms with E-state index in [0.29, 0.717) is 18.9 Å². The van der Waals surface area contributed by atoms with Crippen LogP contribution in [-0.2, 0) is 9.59 Å². The van der Waals surface area contributed by atoms with Crippen LogP contribution in [0.2, 0.25) is 0 Å². The number of nitrogens with zero attached hydrogens (tertiary/aromatic N) is 1. The fraction of sp³-hybridized carbons (Fsp3) is 0.300. The van der Waals surface area contributed by atoms with Crippen LogP contribution in [0, 0.1) is 5.92 Å². The molecule has 0 saturated carbocycles. The smallest absolute Gasteiger partial charge is 0.229 e. The molecule has 26 heavy (non-hydrogen) atoms. The molecule has 1 aliphatic heterocycles. The van der Waals surface area contributed by atoms with Gasteiger partial charge in [-0.05, 0) is 43.5 Å². The Morgan fingerprint density at radius 1 is 1.27 bits per heavy atom. The zero-order valence-corrected chi connectivity index (χ0v) is 15.7. The molecule has 0 spiro atoms. The molecule has 0 aromatic heterocycles. The standard InChI is InChI=1S/C20H22N2O3S/c1-3-25-18-10-5-4-9-17(18)22-13-14(11-19(22)23)20(24)21-15-7-6-8-16(12-15)26-2/h4-10,12,14H,3,11,13H2,1-2H3,(H,21,24). The topological polar surface area (TPSA) is 58.6 Å². The van der Waals surface area contributed by atoms with Crippen molar-refractivity contribution in [3.05, 3.63) is 48.5 Å². The van der Waals surface area contributed by atoms with E-state index in [1.807, 2.05) is 61.7 Å². The Morgan fingerprint density at radius 3 is 2.85 bits per heavy atom. The highest BCUT2D eigenvalue weighted by Crippen LogP contribution is 2.33. The molecule has 5 nitrogen and oxygen atoms in total. The molecule has 2 aromatic carbocycles. The quantitative estimate of drug-likeness (QED) is 0.786. The summed E-state index contributed by atoms with van der Waals surface area (Å²) in [5, 5.41) is 2.93. The first-order chi connectivity index (χ1) is 12.6. The molecule has 1 N–H and O–H groups in total. The molecule has 2 amide bonds. The van der Waals surface area contributed by atoms with Crippen molar-refractivity contribution in [3.63, 3.8) is 0 Å². The lowest BCUT2D eigenvalue weighted by Gasteiger charge is -2.20. The molecule has 1 aliphatic rings. The van der Waals surface area contributed by atoms with Gasteiger partial charge < -0.3 is 15.0 Å². The highest BCUT2D eigenvalue weighted by atomic mass is 32.2. The Morgan fingerprint density at radius 2 is 2.08 bits per heavy atom. The third-order valence-corrected chi connectivity index (χ3v) is 5.01. The van der Waals surface area contributed by atoms with E-state index in [9.17, 15) is 9.59 Å². The van der Waals surface area contributed by atoms with Crippen LogP contribution < -0.4 is 15.0 Å². The molecule has 6 heteroatoms. The van der Waals surface area contributed by atoms with E-state index < -0.39 is 0 Å². The molecule has 1 heterocycles. The van der Waals surface area contributed by atoms with Crippen LogP contribution in [-0.4, -0.2) is 31.2 Å². The van der Waals surface area contributed by atoms with E-state index in [2.05, 4.69) is 5.32 Å². The normalized spacial score (nSPS) is 16.6. The maximum Gasteiger partial charge on any atom is 0.229 e. The Labute approximate surface area is 157 Å². The van der Waals surface area contributed by atoms with Crippen molar-refractivity contribution in [1.82, 2.24) is 0 Å². The van der Waals surface area contributed by atoms with Gasteiger partial charge in [0.15, 0.2) is 0 Å². The second kappa shape index (κ2) is 8.27. The number of rotatable bonds is 6. The summed E-state index contributed by atoms with van der Waals surface area (Å²) in [5.74, 6) is 0.0929. The summed E-state index contributed by atoms with van der Waals surface area (Å²) in [6.07, 6.45) is 2.19. The van der Waals surface area contributed by atoms with Gasteiger partial charge in [-0.2, -0.15) is 0 Å². The van der Waals surface area contributed by atoms with Gasteiger partial charge in [-0.25, -0.2) is 0 Å². The molecule has 0 radical (unpaired) electrons. The number of hydrogen-bond acceptors (Lipinski definition) is 4. The van der Waals surface area contributed by atoms with Gasteiger partial charge in [0.05, 0.1) is 18.2 Å². The molecular weight excluding hydrogens is 348 g/mol. The van der Waals surface area contributed by atoms with Crippen molar-refractivity contribution in [1.29, 1.82) is 0 Å². The lowest BCUT2D eigenvalue weighted by atomic mass is 10.1. The van der Waals surface area contributed by atoms with E-state index in [1.54, 1.807) is 16.7 Å². The maximum atomic E-state index is 12.6. The minimum Gasteiger partial charge on any atom is -0.492 e. The number of anilines is 2. The van der Waals surface area contributed by atoms with Gasteiger partial charge in [-0.3, -0.25) is 9.59 Å². The van der Waals surface area contributed by atoms with Crippen molar-refractivity contribution >= 4 is 35.0 Å². The van der Waals surface area contributed by atoms with E-state index in [0.717, 1.165) is 16.3 Å². The van der Waals surface area contributed by atoms with Gasteiger partial charge in [0.25, 0.3) is 0 Å². The average molecular weight is 370 g/mol. The number of hydrogen-bond donors (Lipinski definition) is 1. The third kappa shape index (κ3) is 4.02. The van der Waals surface area contributed by atoms with Crippen molar-refractivity contribution in [3.8, 4) is 5.75 Å². The Balaban J connectivity index is 1.72. The summed E-state index contributed by atoms with van der Waals surface area (Å²) in [7, 11) is 0. The number of benzene rings is 2. The monoisotopic (exact) mass is 370 g/mol. The fourth-order valence-electron chi connectivity index (χ4n) is 3.02. The number of thioether (sulfide) groups is 1. The Kier molecular flexibility index (Phi) is 5.83. The van der Waals surface area contributed by atoms with Crippen molar-refractivity contribution in [2.75, 3.05) is 29.6 Å². The summed E-state index contributed by atoms with van der Waals surface area (Å²) in [4.78, 5) is 27.8. The molecule has 0 bridgehead atoms. The van der Waals surface area contributed by atoms with Gasteiger partial charge in [0, 0.05) is 23.5 Å². The first-order valence-electron chi connectivity index (χ1n) is 8.59. The largest absolute Gasteiger partial charge is 0.492 e. The van der Waals surface area contributed by atoms with Crippen LogP contribution in [0.25, 0.3) is 0 Å². The summed E-state index contributed by atoms with van der Waals surface area (Å²) >= 11 is 1.62. The number of nitrogens with one attached hydrogen (secondary N) is 1. The molecule has 2 aromatic rings. The molecule has 1 fully saturated rings.